The minimum absolute atomic E-state index is 0.274. The van der Waals surface area contributed by atoms with Gasteiger partial charge in [-0.15, -0.1) is 10.2 Å². The molecule has 8 nitrogen and oxygen atoms in total. The van der Waals surface area contributed by atoms with Gasteiger partial charge in [0.05, 0.1) is 6.26 Å². The summed E-state index contributed by atoms with van der Waals surface area (Å²) < 4.78 is 23.9. The molecule has 0 unspecified atom stereocenters. The van der Waals surface area contributed by atoms with Crippen molar-refractivity contribution in [2.24, 2.45) is 0 Å². The maximum Gasteiger partial charge on any atom is 0.282 e. The third kappa shape index (κ3) is 5.38. The highest BCUT2D eigenvalue weighted by molar-refractivity contribution is 7.88. The second kappa shape index (κ2) is 6.61. The summed E-state index contributed by atoms with van der Waals surface area (Å²) in [6, 6.07) is 0. The number of nitrogens with zero attached hydrogens (tertiary/aromatic N) is 2. The van der Waals surface area contributed by atoms with Crippen molar-refractivity contribution in [2.75, 3.05) is 31.7 Å². The number of nitrogens with one attached hydrogen (secondary N) is 3. The fourth-order valence-corrected chi connectivity index (χ4v) is 2.17. The number of carbonyl (C=O) groups excluding carboxylic acids is 1. The number of hydrogen-bond donors (Lipinski definition) is 3. The lowest BCUT2D eigenvalue weighted by molar-refractivity contribution is 0.0952. The van der Waals surface area contributed by atoms with Gasteiger partial charge in [0.2, 0.25) is 20.2 Å². The van der Waals surface area contributed by atoms with Gasteiger partial charge in [-0.25, -0.2) is 13.1 Å². The molecule has 0 atom stereocenters. The zero-order chi connectivity index (χ0) is 13.6. The van der Waals surface area contributed by atoms with Crippen LogP contribution in [0.15, 0.2) is 0 Å². The number of aromatic nitrogens is 2. The Morgan fingerprint density at radius 1 is 1.33 bits per heavy atom. The molecule has 1 amide bonds. The highest BCUT2D eigenvalue weighted by Crippen LogP contribution is 2.13. The maximum atomic E-state index is 11.6. The van der Waals surface area contributed by atoms with Gasteiger partial charge in [-0.05, 0) is 6.42 Å². The molecule has 1 heterocycles. The van der Waals surface area contributed by atoms with Crippen LogP contribution in [0.1, 0.15) is 16.2 Å². The first kappa shape index (κ1) is 14.8. The first-order valence-electron chi connectivity index (χ1n) is 5.16. The number of sulfonamides is 1. The Kier molecular flexibility index (Phi) is 5.44. The molecule has 0 radical (unpaired) electrons. The molecule has 0 aliphatic heterocycles. The molecule has 10 heteroatoms. The van der Waals surface area contributed by atoms with Crippen molar-refractivity contribution >= 4 is 32.4 Å². The zero-order valence-corrected chi connectivity index (χ0v) is 11.7. The molecule has 0 saturated carbocycles. The maximum absolute atomic E-state index is 11.6. The SMILES string of the molecule is CNc1nnc(C(=O)NCCCNS(C)(=O)=O)s1. The van der Waals surface area contributed by atoms with E-state index in [0.29, 0.717) is 18.1 Å². The molecule has 0 bridgehead atoms. The summed E-state index contributed by atoms with van der Waals surface area (Å²) in [4.78, 5) is 11.6. The molecule has 1 aromatic heterocycles. The number of carbonyl (C=O) groups is 1. The van der Waals surface area contributed by atoms with Crippen LogP contribution in [0, 0.1) is 0 Å². The van der Waals surface area contributed by atoms with Crippen LogP contribution in [-0.4, -0.2) is 50.9 Å². The van der Waals surface area contributed by atoms with Crippen LogP contribution in [0.5, 0.6) is 0 Å². The van der Waals surface area contributed by atoms with Crippen molar-refractivity contribution in [1.29, 1.82) is 0 Å². The molecule has 102 valence electrons. The summed E-state index contributed by atoms with van der Waals surface area (Å²) in [5, 5.41) is 13.7. The van der Waals surface area contributed by atoms with E-state index in [4.69, 9.17) is 0 Å². The fraction of sp³-hybridized carbons (Fsp3) is 0.625. The summed E-state index contributed by atoms with van der Waals surface area (Å²) in [6.45, 7) is 0.660. The Labute approximate surface area is 109 Å². The molecule has 18 heavy (non-hydrogen) atoms. The molecule has 1 aromatic rings. The quantitative estimate of drug-likeness (QED) is 0.570. The van der Waals surface area contributed by atoms with E-state index in [1.807, 2.05) is 0 Å². The van der Waals surface area contributed by atoms with Crippen LogP contribution >= 0.6 is 11.3 Å². The lowest BCUT2D eigenvalue weighted by Gasteiger charge is -2.03. The second-order valence-corrected chi connectivity index (χ2v) is 6.25. The van der Waals surface area contributed by atoms with Gasteiger partial charge in [-0.2, -0.15) is 0 Å². The number of amides is 1. The van der Waals surface area contributed by atoms with Crippen molar-refractivity contribution in [3.05, 3.63) is 5.01 Å². The van der Waals surface area contributed by atoms with Crippen molar-refractivity contribution in [3.63, 3.8) is 0 Å². The van der Waals surface area contributed by atoms with Crippen LogP contribution in [-0.2, 0) is 10.0 Å². The Morgan fingerprint density at radius 2 is 2.06 bits per heavy atom. The third-order valence-electron chi connectivity index (χ3n) is 1.84. The highest BCUT2D eigenvalue weighted by Gasteiger charge is 2.11. The minimum atomic E-state index is -3.17. The van der Waals surface area contributed by atoms with Crippen LogP contribution in [0.25, 0.3) is 0 Å². The Balaban J connectivity index is 2.25. The van der Waals surface area contributed by atoms with Crippen molar-refractivity contribution < 1.29 is 13.2 Å². The summed E-state index contributed by atoms with van der Waals surface area (Å²) >= 11 is 1.15. The van der Waals surface area contributed by atoms with Crippen molar-refractivity contribution in [2.45, 2.75) is 6.42 Å². The van der Waals surface area contributed by atoms with E-state index in [9.17, 15) is 13.2 Å². The Bertz CT molecular complexity index is 499. The van der Waals surface area contributed by atoms with E-state index in [2.05, 4.69) is 25.6 Å². The first-order valence-corrected chi connectivity index (χ1v) is 7.87. The lowest BCUT2D eigenvalue weighted by atomic mass is 10.4. The van der Waals surface area contributed by atoms with E-state index < -0.39 is 10.0 Å². The molecule has 0 fully saturated rings. The van der Waals surface area contributed by atoms with E-state index in [1.54, 1.807) is 7.05 Å². The van der Waals surface area contributed by atoms with E-state index >= 15 is 0 Å². The number of hydrogen-bond acceptors (Lipinski definition) is 7. The van der Waals surface area contributed by atoms with Gasteiger partial charge < -0.3 is 10.6 Å². The van der Waals surface area contributed by atoms with E-state index in [0.717, 1.165) is 17.6 Å². The number of rotatable bonds is 7. The van der Waals surface area contributed by atoms with Crippen LogP contribution in [0.2, 0.25) is 0 Å². The molecule has 3 N–H and O–H groups in total. The second-order valence-electron chi connectivity index (χ2n) is 3.44. The largest absolute Gasteiger partial charge is 0.363 e. The third-order valence-corrected chi connectivity index (χ3v) is 3.50. The van der Waals surface area contributed by atoms with E-state index in [-0.39, 0.29) is 17.5 Å². The van der Waals surface area contributed by atoms with Gasteiger partial charge in [-0.3, -0.25) is 4.79 Å². The molecule has 1 rings (SSSR count). The van der Waals surface area contributed by atoms with Crippen LogP contribution < -0.4 is 15.4 Å². The monoisotopic (exact) mass is 293 g/mol. The summed E-state index contributed by atoms with van der Waals surface area (Å²) in [6.07, 6.45) is 1.60. The van der Waals surface area contributed by atoms with Gasteiger partial charge in [-0.1, -0.05) is 11.3 Å². The lowest BCUT2D eigenvalue weighted by Crippen LogP contribution is -2.29. The zero-order valence-electron chi connectivity index (χ0n) is 10.1. The number of anilines is 1. The molecule has 0 aliphatic rings. The van der Waals surface area contributed by atoms with Crippen LogP contribution in [0.4, 0.5) is 5.13 Å². The molecule has 0 aromatic carbocycles. The van der Waals surface area contributed by atoms with Crippen molar-refractivity contribution in [1.82, 2.24) is 20.2 Å². The summed E-state index contributed by atoms with van der Waals surface area (Å²) in [5.74, 6) is -0.312. The Hall–Kier alpha value is -1.26. The predicted molar refractivity (Wildman–Crippen MR) is 69.3 cm³/mol. The topological polar surface area (TPSA) is 113 Å². The van der Waals surface area contributed by atoms with Gasteiger partial charge >= 0.3 is 0 Å². The fourth-order valence-electron chi connectivity index (χ4n) is 1.04. The van der Waals surface area contributed by atoms with Crippen LogP contribution in [0.3, 0.4) is 0 Å². The van der Waals surface area contributed by atoms with Gasteiger partial charge in [0.1, 0.15) is 0 Å². The smallest absolute Gasteiger partial charge is 0.282 e. The molecule has 0 spiro atoms. The van der Waals surface area contributed by atoms with Gasteiger partial charge in [0, 0.05) is 20.1 Å². The summed E-state index contributed by atoms with van der Waals surface area (Å²) in [7, 11) is -1.47. The molecule has 0 saturated heterocycles. The van der Waals surface area contributed by atoms with Crippen molar-refractivity contribution in [3.8, 4) is 0 Å². The predicted octanol–water partition coefficient (Wildman–Crippen LogP) is -0.751. The Morgan fingerprint density at radius 3 is 2.61 bits per heavy atom. The van der Waals surface area contributed by atoms with Gasteiger partial charge in [0.15, 0.2) is 0 Å². The average Bonchev–Trinajstić information content (AvgIpc) is 2.75. The first-order chi connectivity index (χ1) is 8.42. The molecular formula is C8H15N5O3S2. The standard InChI is InChI=1S/C8H15N5O3S2/c1-9-8-13-12-7(17-8)6(14)10-4-3-5-11-18(2,15)16/h11H,3-5H2,1-2H3,(H,9,13)(H,10,14). The normalized spacial score (nSPS) is 11.2. The average molecular weight is 293 g/mol. The highest BCUT2D eigenvalue weighted by atomic mass is 32.2. The molecular weight excluding hydrogens is 278 g/mol. The summed E-state index contributed by atoms with van der Waals surface area (Å²) in [5.41, 5.74) is 0. The minimum Gasteiger partial charge on any atom is -0.363 e. The van der Waals surface area contributed by atoms with E-state index in [1.165, 1.54) is 0 Å². The molecule has 0 aliphatic carbocycles. The van der Waals surface area contributed by atoms with Gasteiger partial charge in [0.25, 0.3) is 5.91 Å².